The fourth-order valence-corrected chi connectivity index (χ4v) is 5.81. The monoisotopic (exact) mass is 479 g/mol. The lowest BCUT2D eigenvalue weighted by Crippen LogP contribution is -2.48. The molecule has 2 aliphatic heterocycles. The van der Waals surface area contributed by atoms with E-state index in [4.69, 9.17) is 4.74 Å². The average Bonchev–Trinajstić information content (AvgIpc) is 2.77. The van der Waals surface area contributed by atoms with Gasteiger partial charge in [-0.25, -0.2) is 8.42 Å². The molecule has 1 aromatic carbocycles. The van der Waals surface area contributed by atoms with Gasteiger partial charge in [-0.1, -0.05) is 18.2 Å². The van der Waals surface area contributed by atoms with Crippen molar-refractivity contribution in [2.45, 2.75) is 75.8 Å². The van der Waals surface area contributed by atoms with E-state index in [1.54, 1.807) is 39.0 Å². The smallest absolute Gasteiger partial charge is 0.324 e. The predicted molar refractivity (Wildman–Crippen MR) is 126 cm³/mol. The second-order valence-corrected chi connectivity index (χ2v) is 11.9. The number of esters is 1. The van der Waals surface area contributed by atoms with E-state index in [1.165, 1.54) is 12.1 Å². The molecule has 0 saturated carbocycles. The van der Waals surface area contributed by atoms with Crippen LogP contribution in [0.25, 0.3) is 0 Å². The van der Waals surface area contributed by atoms with Gasteiger partial charge < -0.3 is 15.0 Å². The number of piperidine rings is 2. The van der Waals surface area contributed by atoms with E-state index in [0.29, 0.717) is 18.5 Å². The lowest BCUT2D eigenvalue weighted by Gasteiger charge is -2.44. The minimum atomic E-state index is -3.93. The van der Waals surface area contributed by atoms with Crippen molar-refractivity contribution in [2.75, 3.05) is 26.2 Å². The zero-order valence-electron chi connectivity index (χ0n) is 19.9. The summed E-state index contributed by atoms with van der Waals surface area (Å²) in [5.74, 6) is -0.728. The van der Waals surface area contributed by atoms with Crippen LogP contribution in [-0.2, 0) is 24.3 Å². The second kappa shape index (κ2) is 10.5. The fraction of sp³-hybridized carbons (Fsp3) is 0.667. The Morgan fingerprint density at radius 3 is 2.27 bits per heavy atom. The van der Waals surface area contributed by atoms with Gasteiger partial charge >= 0.3 is 5.97 Å². The quantitative estimate of drug-likeness (QED) is 0.582. The van der Waals surface area contributed by atoms with Crippen LogP contribution >= 0.6 is 0 Å². The summed E-state index contributed by atoms with van der Waals surface area (Å²) in [5, 5.41) is 3.40. The number of sulfonamides is 1. The van der Waals surface area contributed by atoms with Crippen molar-refractivity contribution < 1.29 is 22.7 Å². The summed E-state index contributed by atoms with van der Waals surface area (Å²) in [5.41, 5.74) is -0.431. The molecule has 1 unspecified atom stereocenters. The molecule has 0 bridgehead atoms. The lowest BCUT2D eigenvalue weighted by molar-refractivity contribution is -0.157. The summed E-state index contributed by atoms with van der Waals surface area (Å²) in [6, 6.07) is 6.74. The van der Waals surface area contributed by atoms with Crippen LogP contribution in [0.2, 0.25) is 0 Å². The molecule has 3 rings (SSSR count). The zero-order chi connectivity index (χ0) is 24.1. The normalized spacial score (nSPS) is 19.8. The maximum atomic E-state index is 12.9. The number of rotatable bonds is 7. The number of carbonyl (C=O) groups is 2. The van der Waals surface area contributed by atoms with Crippen LogP contribution in [-0.4, -0.2) is 63.0 Å². The summed E-state index contributed by atoms with van der Waals surface area (Å²) in [6.07, 6.45) is 4.42. The highest BCUT2D eigenvalue weighted by Crippen LogP contribution is 2.39. The first-order chi connectivity index (χ1) is 15.5. The van der Waals surface area contributed by atoms with Crippen LogP contribution in [0.5, 0.6) is 0 Å². The molecule has 0 radical (unpaired) electrons. The second-order valence-electron chi connectivity index (χ2n) is 10.2. The van der Waals surface area contributed by atoms with Gasteiger partial charge in [0.2, 0.25) is 15.9 Å². The van der Waals surface area contributed by atoms with Crippen molar-refractivity contribution in [1.82, 2.24) is 14.9 Å². The van der Waals surface area contributed by atoms with E-state index in [2.05, 4.69) is 10.0 Å². The van der Waals surface area contributed by atoms with Gasteiger partial charge in [-0.2, -0.15) is 4.72 Å². The van der Waals surface area contributed by atoms with Crippen LogP contribution in [0, 0.1) is 5.41 Å². The number of ether oxygens (including phenoxy) is 1. The van der Waals surface area contributed by atoms with Crippen molar-refractivity contribution >= 4 is 21.9 Å². The summed E-state index contributed by atoms with van der Waals surface area (Å²) in [7, 11) is -3.93. The van der Waals surface area contributed by atoms with Crippen LogP contribution in [0.1, 0.15) is 59.3 Å². The number of likely N-dealkylation sites (tertiary alicyclic amines) is 1. The standard InChI is InChI=1S/C24H37N3O5S/c1-23(2,3)32-22(29)20(26-33(30,31)19-7-5-4-6-8-19)9-10-21(28)27-17-13-24(14-18-27)11-15-25-16-12-24/h4-8,20,25-26H,9-18H2,1-3H3. The molecule has 0 aromatic heterocycles. The zero-order valence-corrected chi connectivity index (χ0v) is 20.7. The Labute approximate surface area is 197 Å². The first kappa shape index (κ1) is 25.6. The summed E-state index contributed by atoms with van der Waals surface area (Å²) in [4.78, 5) is 27.6. The molecule has 2 fully saturated rings. The summed E-state index contributed by atoms with van der Waals surface area (Å²) < 4.78 is 33.5. The van der Waals surface area contributed by atoms with Crippen molar-refractivity contribution in [1.29, 1.82) is 0 Å². The molecular weight excluding hydrogens is 442 g/mol. The molecule has 2 heterocycles. The SMILES string of the molecule is CC(C)(C)OC(=O)C(CCC(=O)N1CCC2(CCNCC2)CC1)NS(=O)(=O)c1ccccc1. The molecule has 8 nitrogen and oxygen atoms in total. The van der Waals surface area contributed by atoms with Crippen molar-refractivity contribution in [3.05, 3.63) is 30.3 Å². The molecule has 9 heteroatoms. The minimum absolute atomic E-state index is 0.0470. The van der Waals surface area contributed by atoms with Crippen LogP contribution in [0.3, 0.4) is 0 Å². The third-order valence-electron chi connectivity index (χ3n) is 6.53. The third-order valence-corrected chi connectivity index (χ3v) is 8.02. The number of benzene rings is 1. The Morgan fingerprint density at radius 2 is 1.70 bits per heavy atom. The molecule has 33 heavy (non-hydrogen) atoms. The van der Waals surface area contributed by atoms with Gasteiger partial charge in [0.05, 0.1) is 4.90 Å². The molecule has 1 aromatic rings. The maximum Gasteiger partial charge on any atom is 0.324 e. The first-order valence-electron chi connectivity index (χ1n) is 11.8. The van der Waals surface area contributed by atoms with Crippen LogP contribution in [0.15, 0.2) is 35.2 Å². The molecular formula is C24H37N3O5S. The molecule has 2 aliphatic rings. The molecule has 0 aliphatic carbocycles. The Hall–Kier alpha value is -1.97. The molecule has 1 spiro atoms. The summed E-state index contributed by atoms with van der Waals surface area (Å²) in [6.45, 7) is 8.67. The number of amides is 1. The maximum absolute atomic E-state index is 12.9. The molecule has 1 atom stereocenters. The van der Waals surface area contributed by atoms with Crippen molar-refractivity contribution in [3.8, 4) is 0 Å². The van der Waals surface area contributed by atoms with E-state index in [9.17, 15) is 18.0 Å². The highest BCUT2D eigenvalue weighted by molar-refractivity contribution is 7.89. The Bertz CT molecular complexity index is 911. The Balaban J connectivity index is 1.62. The number of nitrogens with zero attached hydrogens (tertiary/aromatic N) is 1. The van der Waals surface area contributed by atoms with Gasteiger partial charge in [-0.3, -0.25) is 9.59 Å². The molecule has 1 amide bonds. The minimum Gasteiger partial charge on any atom is -0.459 e. The Morgan fingerprint density at radius 1 is 1.09 bits per heavy atom. The number of nitrogens with one attached hydrogen (secondary N) is 2. The fourth-order valence-electron chi connectivity index (χ4n) is 4.57. The predicted octanol–water partition coefficient (Wildman–Crippen LogP) is 2.45. The number of hydrogen-bond donors (Lipinski definition) is 2. The molecule has 184 valence electrons. The molecule has 2 saturated heterocycles. The van der Waals surface area contributed by atoms with Gasteiger partial charge in [-0.05, 0) is 83.5 Å². The third kappa shape index (κ3) is 7.25. The number of carbonyl (C=O) groups excluding carboxylic acids is 2. The van der Waals surface area contributed by atoms with E-state index >= 15 is 0 Å². The largest absolute Gasteiger partial charge is 0.459 e. The highest BCUT2D eigenvalue weighted by atomic mass is 32.2. The van der Waals surface area contributed by atoms with Gasteiger partial charge in [0.1, 0.15) is 11.6 Å². The van der Waals surface area contributed by atoms with Gasteiger partial charge in [0.15, 0.2) is 0 Å². The van der Waals surface area contributed by atoms with E-state index in [-0.39, 0.29) is 23.6 Å². The van der Waals surface area contributed by atoms with Gasteiger partial charge in [-0.15, -0.1) is 0 Å². The van der Waals surface area contributed by atoms with E-state index in [0.717, 1.165) is 38.8 Å². The van der Waals surface area contributed by atoms with Gasteiger partial charge in [0.25, 0.3) is 0 Å². The van der Waals surface area contributed by atoms with Crippen molar-refractivity contribution in [3.63, 3.8) is 0 Å². The number of hydrogen-bond acceptors (Lipinski definition) is 6. The van der Waals surface area contributed by atoms with Crippen LogP contribution < -0.4 is 10.0 Å². The van der Waals surface area contributed by atoms with Crippen LogP contribution in [0.4, 0.5) is 0 Å². The highest BCUT2D eigenvalue weighted by Gasteiger charge is 2.37. The van der Waals surface area contributed by atoms with E-state index < -0.39 is 27.6 Å². The molecule has 2 N–H and O–H groups in total. The first-order valence-corrected chi connectivity index (χ1v) is 13.3. The van der Waals surface area contributed by atoms with E-state index in [1.807, 2.05) is 4.90 Å². The topological polar surface area (TPSA) is 105 Å². The lowest BCUT2D eigenvalue weighted by atomic mass is 9.71. The average molecular weight is 480 g/mol. The van der Waals surface area contributed by atoms with Crippen molar-refractivity contribution in [2.24, 2.45) is 5.41 Å². The van der Waals surface area contributed by atoms with Gasteiger partial charge in [0, 0.05) is 19.5 Å². The summed E-state index contributed by atoms with van der Waals surface area (Å²) >= 11 is 0. The Kier molecular flexibility index (Phi) is 8.18.